The van der Waals surface area contributed by atoms with Crippen LogP contribution in [0.15, 0.2) is 16.0 Å². The number of guanidine groups is 1. The van der Waals surface area contributed by atoms with Gasteiger partial charge in [0.05, 0.1) is 17.2 Å². The Kier molecular flexibility index (Phi) is 9.19. The summed E-state index contributed by atoms with van der Waals surface area (Å²) >= 11 is 1.45. The highest BCUT2D eigenvalue weighted by atomic mass is 32.2. The molecule has 156 valence electrons. The van der Waals surface area contributed by atoms with Crippen LogP contribution in [0.25, 0.3) is 0 Å². The van der Waals surface area contributed by atoms with Crippen LogP contribution in [0.2, 0.25) is 0 Å². The van der Waals surface area contributed by atoms with Crippen LogP contribution >= 0.6 is 11.3 Å². The van der Waals surface area contributed by atoms with Gasteiger partial charge in [0.1, 0.15) is 9.84 Å². The smallest absolute Gasteiger partial charge is 0.241 e. The summed E-state index contributed by atoms with van der Waals surface area (Å²) in [5, 5.41) is 6.20. The quantitative estimate of drug-likeness (QED) is 0.285. The van der Waals surface area contributed by atoms with Crippen molar-refractivity contribution in [2.45, 2.75) is 45.1 Å². The first-order chi connectivity index (χ1) is 12.4. The van der Waals surface area contributed by atoms with Gasteiger partial charge in [-0.3, -0.25) is 4.99 Å². The monoisotopic (exact) mass is 438 g/mol. The Morgan fingerprint density at radius 2 is 1.93 bits per heavy atom. The van der Waals surface area contributed by atoms with Gasteiger partial charge in [-0.2, -0.15) is 0 Å². The standard InChI is InChI=1S/C16H30N4O4S3/c1-6-17-16(20-12(2)7-10-26(5,21)22)18-8-9-19-27(23,24)15-11-13(3)25-14(15)4/h11-12,19H,6-10H2,1-5H3,(H2,17,18,20). The summed E-state index contributed by atoms with van der Waals surface area (Å²) in [6.07, 6.45) is 1.68. The molecule has 0 fully saturated rings. The van der Waals surface area contributed by atoms with Crippen molar-refractivity contribution in [3.63, 3.8) is 0 Å². The summed E-state index contributed by atoms with van der Waals surface area (Å²) in [5.74, 6) is 0.625. The van der Waals surface area contributed by atoms with E-state index in [1.54, 1.807) is 13.0 Å². The van der Waals surface area contributed by atoms with E-state index in [1.165, 1.54) is 17.6 Å². The highest BCUT2D eigenvalue weighted by molar-refractivity contribution is 7.90. The molecule has 1 rings (SSSR count). The van der Waals surface area contributed by atoms with E-state index in [-0.39, 0.29) is 24.9 Å². The molecule has 0 spiro atoms. The second-order valence-electron chi connectivity index (χ2n) is 6.40. The molecule has 3 N–H and O–H groups in total. The molecule has 1 unspecified atom stereocenters. The molecular weight excluding hydrogens is 408 g/mol. The van der Waals surface area contributed by atoms with Crippen LogP contribution in [0.5, 0.6) is 0 Å². The molecule has 0 aromatic carbocycles. The molecule has 0 aliphatic heterocycles. The summed E-state index contributed by atoms with van der Waals surface area (Å²) in [6, 6.07) is 1.59. The topological polar surface area (TPSA) is 117 Å². The van der Waals surface area contributed by atoms with Gasteiger partial charge < -0.3 is 10.6 Å². The third-order valence-electron chi connectivity index (χ3n) is 3.61. The molecule has 1 heterocycles. The molecular formula is C16H30N4O4S3. The van der Waals surface area contributed by atoms with Gasteiger partial charge in [-0.25, -0.2) is 21.6 Å². The third kappa shape index (κ3) is 9.04. The minimum Gasteiger partial charge on any atom is -0.357 e. The Morgan fingerprint density at radius 3 is 2.44 bits per heavy atom. The lowest BCUT2D eigenvalue weighted by Crippen LogP contribution is -2.43. The van der Waals surface area contributed by atoms with Gasteiger partial charge in [0.15, 0.2) is 5.96 Å². The summed E-state index contributed by atoms with van der Waals surface area (Å²) in [4.78, 5) is 6.37. The van der Waals surface area contributed by atoms with Crippen molar-refractivity contribution in [3.8, 4) is 0 Å². The molecule has 1 atom stereocenters. The molecule has 11 heteroatoms. The zero-order valence-electron chi connectivity index (χ0n) is 16.5. The average Bonchev–Trinajstić information content (AvgIpc) is 2.88. The van der Waals surface area contributed by atoms with Crippen molar-refractivity contribution in [1.82, 2.24) is 15.4 Å². The lowest BCUT2D eigenvalue weighted by atomic mass is 10.3. The maximum absolute atomic E-state index is 12.4. The summed E-state index contributed by atoms with van der Waals surface area (Å²) in [5.41, 5.74) is 0. The van der Waals surface area contributed by atoms with Crippen molar-refractivity contribution in [2.75, 3.05) is 31.6 Å². The zero-order valence-corrected chi connectivity index (χ0v) is 18.9. The number of nitrogens with one attached hydrogen (secondary N) is 3. The molecule has 0 saturated carbocycles. The average molecular weight is 439 g/mol. The van der Waals surface area contributed by atoms with E-state index in [0.29, 0.717) is 23.8 Å². The van der Waals surface area contributed by atoms with Gasteiger partial charge >= 0.3 is 0 Å². The molecule has 0 saturated heterocycles. The maximum atomic E-state index is 12.4. The van der Waals surface area contributed by atoms with E-state index in [1.807, 2.05) is 20.8 Å². The van der Waals surface area contributed by atoms with Crippen LogP contribution in [0.3, 0.4) is 0 Å². The van der Waals surface area contributed by atoms with Gasteiger partial charge in [-0.15, -0.1) is 11.3 Å². The number of sulfonamides is 1. The summed E-state index contributed by atoms with van der Waals surface area (Å²) in [7, 11) is -6.55. The Balaban J connectivity index is 2.59. The zero-order chi connectivity index (χ0) is 20.7. The van der Waals surface area contributed by atoms with Crippen LogP contribution in [0.4, 0.5) is 0 Å². The van der Waals surface area contributed by atoms with Crippen LogP contribution in [0.1, 0.15) is 30.0 Å². The van der Waals surface area contributed by atoms with E-state index in [9.17, 15) is 16.8 Å². The summed E-state index contributed by atoms with van der Waals surface area (Å²) in [6.45, 7) is 8.53. The Morgan fingerprint density at radius 1 is 1.26 bits per heavy atom. The van der Waals surface area contributed by atoms with Crippen LogP contribution in [0, 0.1) is 13.8 Å². The molecule has 1 aromatic heterocycles. The lowest BCUT2D eigenvalue weighted by Gasteiger charge is -2.17. The molecule has 0 bridgehead atoms. The molecule has 27 heavy (non-hydrogen) atoms. The first-order valence-electron chi connectivity index (χ1n) is 8.74. The third-order valence-corrected chi connectivity index (χ3v) is 7.27. The van der Waals surface area contributed by atoms with Crippen molar-refractivity contribution < 1.29 is 16.8 Å². The van der Waals surface area contributed by atoms with Crippen molar-refractivity contribution in [1.29, 1.82) is 0 Å². The number of sulfone groups is 1. The fourth-order valence-corrected chi connectivity index (χ4v) is 5.67. The first-order valence-corrected chi connectivity index (χ1v) is 13.1. The molecule has 1 aromatic rings. The fraction of sp³-hybridized carbons (Fsp3) is 0.688. The van der Waals surface area contributed by atoms with Gasteiger partial charge in [-0.1, -0.05) is 0 Å². The van der Waals surface area contributed by atoms with Gasteiger partial charge in [0.2, 0.25) is 10.0 Å². The molecule has 0 radical (unpaired) electrons. The predicted octanol–water partition coefficient (Wildman–Crippen LogP) is 1.02. The van der Waals surface area contributed by atoms with E-state index in [4.69, 9.17) is 0 Å². The largest absolute Gasteiger partial charge is 0.357 e. The second-order valence-corrected chi connectivity index (χ2v) is 11.9. The molecule has 0 amide bonds. The number of nitrogens with zero attached hydrogens (tertiary/aromatic N) is 1. The maximum Gasteiger partial charge on any atom is 0.241 e. The SMILES string of the molecule is CCNC(=NCCNS(=O)(=O)c1cc(C)sc1C)NC(C)CCS(C)(=O)=O. The minimum absolute atomic E-state index is 0.0781. The van der Waals surface area contributed by atoms with Gasteiger partial charge in [0, 0.05) is 35.1 Å². The van der Waals surface area contributed by atoms with Crippen molar-refractivity contribution >= 4 is 37.2 Å². The first kappa shape index (κ1) is 23.9. The summed E-state index contributed by atoms with van der Waals surface area (Å²) < 4.78 is 49.8. The van der Waals surface area contributed by atoms with Crippen molar-refractivity contribution in [3.05, 3.63) is 15.8 Å². The van der Waals surface area contributed by atoms with E-state index in [0.717, 1.165) is 9.75 Å². The number of rotatable bonds is 10. The molecule has 0 aliphatic rings. The Hall–Kier alpha value is -1.17. The number of aliphatic imine (C=N–C) groups is 1. The van der Waals surface area contributed by atoms with Gasteiger partial charge in [-0.05, 0) is 40.2 Å². The fourth-order valence-electron chi connectivity index (χ4n) is 2.32. The highest BCUT2D eigenvalue weighted by Crippen LogP contribution is 2.24. The van der Waals surface area contributed by atoms with Crippen LogP contribution in [-0.2, 0) is 19.9 Å². The highest BCUT2D eigenvalue weighted by Gasteiger charge is 2.18. The predicted molar refractivity (Wildman–Crippen MR) is 112 cm³/mol. The Bertz CT molecular complexity index is 845. The van der Waals surface area contributed by atoms with Gasteiger partial charge in [0.25, 0.3) is 0 Å². The molecule has 0 aliphatic carbocycles. The number of hydrogen-bond donors (Lipinski definition) is 3. The number of hydrogen-bond acceptors (Lipinski definition) is 6. The number of aryl methyl sites for hydroxylation is 2. The van der Waals surface area contributed by atoms with E-state index >= 15 is 0 Å². The normalized spacial score (nSPS) is 14.2. The van der Waals surface area contributed by atoms with E-state index < -0.39 is 19.9 Å². The lowest BCUT2D eigenvalue weighted by molar-refractivity contribution is 0.580. The minimum atomic E-state index is -3.54. The Labute approximate surface area is 166 Å². The number of thiophene rings is 1. The van der Waals surface area contributed by atoms with Crippen molar-refractivity contribution in [2.24, 2.45) is 4.99 Å². The second kappa shape index (κ2) is 10.4. The van der Waals surface area contributed by atoms with Crippen LogP contribution < -0.4 is 15.4 Å². The van der Waals surface area contributed by atoms with E-state index in [2.05, 4.69) is 20.3 Å². The van der Waals surface area contributed by atoms with Crippen LogP contribution in [-0.4, -0.2) is 60.5 Å². The molecule has 8 nitrogen and oxygen atoms in total.